The van der Waals surface area contributed by atoms with Crippen LogP contribution in [0.25, 0.3) is 11.0 Å². The minimum atomic E-state index is -3.13. The van der Waals surface area contributed by atoms with Gasteiger partial charge >= 0.3 is 0 Å². The summed E-state index contributed by atoms with van der Waals surface area (Å²) in [4.78, 5) is 26.9. The Morgan fingerprint density at radius 3 is 2.44 bits per heavy atom. The van der Waals surface area contributed by atoms with Crippen LogP contribution in [-0.4, -0.2) is 72.1 Å². The second-order valence-electron chi connectivity index (χ2n) is 12.4. The van der Waals surface area contributed by atoms with Crippen molar-refractivity contribution in [1.29, 1.82) is 0 Å². The first-order valence-corrected chi connectivity index (χ1v) is 17.2. The molecule has 1 atom stereocenters. The van der Waals surface area contributed by atoms with Gasteiger partial charge in [0.1, 0.15) is 23.5 Å². The van der Waals surface area contributed by atoms with E-state index in [9.17, 15) is 13.2 Å². The number of nitrogens with zero attached hydrogens (tertiary/aromatic N) is 5. The van der Waals surface area contributed by atoms with Crippen LogP contribution in [0, 0.1) is 5.92 Å². The minimum Gasteiger partial charge on any atom is -0.365 e. The molecule has 4 aliphatic heterocycles. The highest BCUT2D eigenvalue weighted by Crippen LogP contribution is 2.39. The molecule has 2 aromatic heterocycles. The summed E-state index contributed by atoms with van der Waals surface area (Å²) < 4.78 is 56.7. The topological polar surface area (TPSA) is 100 Å². The van der Waals surface area contributed by atoms with E-state index in [0.29, 0.717) is 34.6 Å². The SMILES string of the molecule is C[C@H]1Nc2ncnc3c2cc(N2CCS(=O)(=O)CC2)c(=O)n3CCCCCCCN2CC(C2)CC(F)(F)c2cccc1c2. The first kappa shape index (κ1) is 29.9. The normalized spacial score (nSPS) is 26.2. The Balaban J connectivity index is 1.37. The molecule has 43 heavy (non-hydrogen) atoms. The molecule has 0 amide bonds. The third-order valence-corrected chi connectivity index (χ3v) is 10.8. The lowest BCUT2D eigenvalue weighted by Crippen LogP contribution is -2.48. The van der Waals surface area contributed by atoms with Crippen molar-refractivity contribution in [3.05, 3.63) is 58.1 Å². The minimum absolute atomic E-state index is 0.00292. The number of aryl methyl sites for hydroxylation is 1. The largest absolute Gasteiger partial charge is 0.365 e. The molecule has 0 radical (unpaired) electrons. The molecular formula is C31H40F2N6O3S. The predicted octanol–water partition coefficient (Wildman–Crippen LogP) is 4.58. The summed E-state index contributed by atoms with van der Waals surface area (Å²) >= 11 is 0. The van der Waals surface area contributed by atoms with Crippen LogP contribution in [0.15, 0.2) is 41.5 Å². The van der Waals surface area contributed by atoms with Gasteiger partial charge in [0.05, 0.1) is 16.9 Å². The maximum absolute atomic E-state index is 15.4. The molecule has 0 spiro atoms. The van der Waals surface area contributed by atoms with Crippen LogP contribution < -0.4 is 15.8 Å². The summed E-state index contributed by atoms with van der Waals surface area (Å²) in [5.74, 6) is -2.43. The molecule has 4 aliphatic rings. The van der Waals surface area contributed by atoms with E-state index < -0.39 is 15.8 Å². The van der Waals surface area contributed by atoms with Crippen molar-refractivity contribution in [3.63, 3.8) is 0 Å². The number of fused-ring (bicyclic) bond motifs is 8. The van der Waals surface area contributed by atoms with Gasteiger partial charge in [0.25, 0.3) is 11.5 Å². The van der Waals surface area contributed by atoms with Crippen LogP contribution in [-0.2, 0) is 22.3 Å². The summed E-state index contributed by atoms with van der Waals surface area (Å²) in [6, 6.07) is 7.99. The van der Waals surface area contributed by atoms with Crippen molar-refractivity contribution in [2.24, 2.45) is 5.92 Å². The summed E-state index contributed by atoms with van der Waals surface area (Å²) in [5, 5.41) is 4.03. The van der Waals surface area contributed by atoms with Gasteiger partial charge in [0, 0.05) is 50.7 Å². The number of alkyl halides is 2. The molecule has 12 heteroatoms. The fourth-order valence-corrected chi connectivity index (χ4v) is 7.80. The average Bonchev–Trinajstić information content (AvgIpc) is 2.96. The molecule has 7 rings (SSSR count). The zero-order valence-electron chi connectivity index (χ0n) is 24.6. The van der Waals surface area contributed by atoms with E-state index in [0.717, 1.165) is 51.7 Å². The van der Waals surface area contributed by atoms with Crippen LogP contribution >= 0.6 is 0 Å². The Morgan fingerprint density at radius 2 is 1.67 bits per heavy atom. The molecule has 2 fully saturated rings. The summed E-state index contributed by atoms with van der Waals surface area (Å²) in [5.41, 5.74) is 1.47. The third-order valence-electron chi connectivity index (χ3n) is 9.15. The van der Waals surface area contributed by atoms with E-state index in [1.54, 1.807) is 22.8 Å². The summed E-state index contributed by atoms with van der Waals surface area (Å²) in [6.07, 6.45) is 6.14. The number of rotatable bonds is 1. The molecule has 9 nitrogen and oxygen atoms in total. The van der Waals surface area contributed by atoms with Gasteiger partial charge < -0.3 is 15.1 Å². The van der Waals surface area contributed by atoms with E-state index in [4.69, 9.17) is 0 Å². The highest BCUT2D eigenvalue weighted by molar-refractivity contribution is 7.91. The molecule has 0 saturated carbocycles. The van der Waals surface area contributed by atoms with Gasteiger partial charge in [0.15, 0.2) is 9.84 Å². The number of pyridine rings is 1. The predicted molar refractivity (Wildman–Crippen MR) is 165 cm³/mol. The van der Waals surface area contributed by atoms with Crippen molar-refractivity contribution in [2.75, 3.05) is 54.4 Å². The van der Waals surface area contributed by atoms with Gasteiger partial charge in [-0.05, 0) is 49.9 Å². The van der Waals surface area contributed by atoms with Crippen molar-refractivity contribution in [2.45, 2.75) is 64.0 Å². The Kier molecular flexibility index (Phi) is 8.43. The van der Waals surface area contributed by atoms with E-state index in [-0.39, 0.29) is 54.1 Å². The molecule has 8 bridgehead atoms. The zero-order chi connectivity index (χ0) is 30.2. The third kappa shape index (κ3) is 6.55. The van der Waals surface area contributed by atoms with Crippen LogP contribution in [0.1, 0.15) is 62.6 Å². The smallest absolute Gasteiger partial charge is 0.275 e. The average molecular weight is 615 g/mol. The Bertz CT molecular complexity index is 1630. The number of hydrogen-bond donors (Lipinski definition) is 1. The molecule has 2 saturated heterocycles. The van der Waals surface area contributed by atoms with Gasteiger partial charge in [-0.2, -0.15) is 0 Å². The number of aromatic nitrogens is 3. The molecule has 1 N–H and O–H groups in total. The highest BCUT2D eigenvalue weighted by Gasteiger charge is 2.39. The molecule has 6 heterocycles. The van der Waals surface area contributed by atoms with E-state index in [1.807, 2.05) is 17.9 Å². The van der Waals surface area contributed by atoms with Gasteiger partial charge in [-0.1, -0.05) is 37.5 Å². The van der Waals surface area contributed by atoms with Gasteiger partial charge in [-0.15, -0.1) is 0 Å². The number of hydrogen-bond acceptors (Lipinski definition) is 8. The standard InChI is InChI=1S/C31H40F2N6O3S/c1-22-24-8-7-9-25(16-24)31(32,33)18-23-19-37(20-23)10-5-3-2-4-6-11-39-29-26(28(36-22)34-21-35-29)17-27(30(39)40)38-12-14-43(41,42)15-13-38/h7-9,16-17,21-23H,2-6,10-15,18-20H2,1H3,(H,34,35,36)/t22-/m1/s1. The molecule has 0 unspecified atom stereocenters. The fourth-order valence-electron chi connectivity index (χ4n) is 6.60. The zero-order valence-corrected chi connectivity index (χ0v) is 25.5. The molecule has 1 aromatic carbocycles. The van der Waals surface area contributed by atoms with E-state index >= 15 is 8.78 Å². The van der Waals surface area contributed by atoms with Gasteiger partial charge in [-0.25, -0.2) is 27.2 Å². The maximum atomic E-state index is 15.4. The van der Waals surface area contributed by atoms with Crippen LogP contribution in [0.4, 0.5) is 20.3 Å². The van der Waals surface area contributed by atoms with Crippen molar-refractivity contribution in [1.82, 2.24) is 19.4 Å². The second-order valence-corrected chi connectivity index (χ2v) is 14.7. The lowest BCUT2D eigenvalue weighted by Gasteiger charge is -2.41. The summed E-state index contributed by atoms with van der Waals surface area (Å²) in [6.45, 7) is 5.25. The van der Waals surface area contributed by atoms with Crippen LogP contribution in [0.3, 0.4) is 0 Å². The first-order chi connectivity index (χ1) is 20.6. The lowest BCUT2D eigenvalue weighted by atomic mass is 9.89. The first-order valence-electron chi connectivity index (χ1n) is 15.4. The van der Waals surface area contributed by atoms with Gasteiger partial charge in [0.2, 0.25) is 0 Å². The number of anilines is 2. The quantitative estimate of drug-likeness (QED) is 0.426. The van der Waals surface area contributed by atoms with Crippen molar-refractivity contribution < 1.29 is 17.2 Å². The van der Waals surface area contributed by atoms with Crippen molar-refractivity contribution in [3.8, 4) is 0 Å². The number of halogens is 2. The lowest BCUT2D eigenvalue weighted by molar-refractivity contribution is -0.0568. The Hall–Kier alpha value is -3.12. The molecular weight excluding hydrogens is 574 g/mol. The van der Waals surface area contributed by atoms with Crippen molar-refractivity contribution >= 4 is 32.4 Å². The Labute approximate surface area is 251 Å². The van der Waals surface area contributed by atoms with Crippen LogP contribution in [0.5, 0.6) is 0 Å². The van der Waals surface area contributed by atoms with E-state index in [2.05, 4.69) is 20.2 Å². The summed E-state index contributed by atoms with van der Waals surface area (Å²) in [7, 11) is -3.13. The number of nitrogens with one attached hydrogen (secondary N) is 1. The Morgan fingerprint density at radius 1 is 0.953 bits per heavy atom. The molecule has 0 aliphatic carbocycles. The molecule has 232 valence electrons. The second kappa shape index (κ2) is 12.1. The maximum Gasteiger partial charge on any atom is 0.275 e. The fraction of sp³-hybridized carbons (Fsp3) is 0.581. The highest BCUT2D eigenvalue weighted by atomic mass is 32.2. The van der Waals surface area contributed by atoms with Gasteiger partial charge in [-0.3, -0.25) is 9.36 Å². The van der Waals surface area contributed by atoms with Crippen LogP contribution in [0.2, 0.25) is 0 Å². The number of sulfone groups is 1. The number of benzene rings is 1. The monoisotopic (exact) mass is 614 g/mol. The van der Waals surface area contributed by atoms with E-state index in [1.165, 1.54) is 12.4 Å². The molecule has 3 aromatic rings.